The number of piperidine rings is 1. The first-order valence-electron chi connectivity index (χ1n) is 8.33. The Kier molecular flexibility index (Phi) is 6.42. The second kappa shape index (κ2) is 8.31. The molecule has 1 fully saturated rings. The molecule has 1 amide bonds. The Hall–Kier alpha value is -1.59. The van der Waals surface area contributed by atoms with Gasteiger partial charge in [0.25, 0.3) is 5.91 Å². The SMILES string of the molecule is COC(C)(C)C(=O)Nc1ccc(OCCN2CCCCC2)cc1. The van der Waals surface area contributed by atoms with Crippen molar-refractivity contribution in [2.24, 2.45) is 0 Å². The number of methoxy groups -OCH3 is 1. The van der Waals surface area contributed by atoms with E-state index in [1.807, 2.05) is 24.3 Å². The predicted molar refractivity (Wildman–Crippen MR) is 91.9 cm³/mol. The van der Waals surface area contributed by atoms with Crippen molar-refractivity contribution >= 4 is 11.6 Å². The summed E-state index contributed by atoms with van der Waals surface area (Å²) >= 11 is 0. The molecule has 23 heavy (non-hydrogen) atoms. The van der Waals surface area contributed by atoms with E-state index >= 15 is 0 Å². The molecular formula is C18H28N2O3. The Morgan fingerprint density at radius 1 is 1.17 bits per heavy atom. The van der Waals surface area contributed by atoms with Crippen LogP contribution in [0.1, 0.15) is 33.1 Å². The van der Waals surface area contributed by atoms with Gasteiger partial charge in [-0.25, -0.2) is 0 Å². The normalized spacial score (nSPS) is 16.1. The first-order valence-corrected chi connectivity index (χ1v) is 8.33. The Balaban J connectivity index is 1.76. The quantitative estimate of drug-likeness (QED) is 0.839. The Morgan fingerprint density at radius 2 is 1.83 bits per heavy atom. The summed E-state index contributed by atoms with van der Waals surface area (Å²) in [6.07, 6.45) is 3.95. The average Bonchev–Trinajstić information content (AvgIpc) is 2.57. The van der Waals surface area contributed by atoms with Crippen molar-refractivity contribution in [3.05, 3.63) is 24.3 Å². The third-order valence-electron chi connectivity index (χ3n) is 4.29. The van der Waals surface area contributed by atoms with Gasteiger partial charge in [0.2, 0.25) is 0 Å². The molecule has 0 saturated carbocycles. The van der Waals surface area contributed by atoms with Crippen molar-refractivity contribution in [2.45, 2.75) is 38.7 Å². The number of rotatable bonds is 7. The Bertz CT molecular complexity index is 493. The van der Waals surface area contributed by atoms with Crippen molar-refractivity contribution in [2.75, 3.05) is 38.7 Å². The van der Waals surface area contributed by atoms with Gasteiger partial charge in [-0.1, -0.05) is 6.42 Å². The van der Waals surface area contributed by atoms with E-state index < -0.39 is 5.60 Å². The van der Waals surface area contributed by atoms with Crippen LogP contribution in [0, 0.1) is 0 Å². The minimum atomic E-state index is -0.844. The molecule has 0 bridgehead atoms. The zero-order chi connectivity index (χ0) is 16.7. The molecule has 2 rings (SSSR count). The number of carbonyl (C=O) groups is 1. The zero-order valence-corrected chi connectivity index (χ0v) is 14.4. The van der Waals surface area contributed by atoms with Gasteiger partial charge in [-0.3, -0.25) is 9.69 Å². The van der Waals surface area contributed by atoms with E-state index in [9.17, 15) is 4.79 Å². The van der Waals surface area contributed by atoms with E-state index in [1.54, 1.807) is 13.8 Å². The highest BCUT2D eigenvalue weighted by atomic mass is 16.5. The molecule has 1 N–H and O–H groups in total. The van der Waals surface area contributed by atoms with Crippen LogP contribution in [0.3, 0.4) is 0 Å². The summed E-state index contributed by atoms with van der Waals surface area (Å²) in [5.74, 6) is 0.657. The third kappa shape index (κ3) is 5.52. The van der Waals surface area contributed by atoms with Gasteiger partial charge in [-0.2, -0.15) is 0 Å². The van der Waals surface area contributed by atoms with Gasteiger partial charge in [-0.15, -0.1) is 0 Å². The highest BCUT2D eigenvalue weighted by Crippen LogP contribution is 2.18. The van der Waals surface area contributed by atoms with E-state index in [2.05, 4.69) is 10.2 Å². The Morgan fingerprint density at radius 3 is 2.43 bits per heavy atom. The third-order valence-corrected chi connectivity index (χ3v) is 4.29. The fourth-order valence-electron chi connectivity index (χ4n) is 2.48. The number of nitrogens with one attached hydrogen (secondary N) is 1. The monoisotopic (exact) mass is 320 g/mol. The van der Waals surface area contributed by atoms with Crippen LogP contribution in [0.15, 0.2) is 24.3 Å². The molecule has 0 aliphatic carbocycles. The summed E-state index contributed by atoms with van der Waals surface area (Å²) in [7, 11) is 1.53. The van der Waals surface area contributed by atoms with Crippen molar-refractivity contribution in [1.82, 2.24) is 4.90 Å². The van der Waals surface area contributed by atoms with Crippen molar-refractivity contribution < 1.29 is 14.3 Å². The smallest absolute Gasteiger partial charge is 0.256 e. The molecule has 1 heterocycles. The first-order chi connectivity index (χ1) is 11.0. The number of hydrogen-bond donors (Lipinski definition) is 1. The molecule has 0 aromatic heterocycles. The molecule has 1 aliphatic rings. The van der Waals surface area contributed by atoms with Gasteiger partial charge in [0, 0.05) is 19.3 Å². The lowest BCUT2D eigenvalue weighted by Gasteiger charge is -2.26. The molecule has 1 aliphatic heterocycles. The number of likely N-dealkylation sites (tertiary alicyclic amines) is 1. The maximum atomic E-state index is 12.0. The van der Waals surface area contributed by atoms with Crippen LogP contribution in [-0.4, -0.2) is 49.8 Å². The number of hydrogen-bond acceptors (Lipinski definition) is 4. The molecule has 5 heteroatoms. The summed E-state index contributed by atoms with van der Waals surface area (Å²) in [6, 6.07) is 7.46. The van der Waals surface area contributed by atoms with Gasteiger partial charge in [0.15, 0.2) is 0 Å². The molecule has 0 unspecified atom stereocenters. The number of ether oxygens (including phenoxy) is 2. The Labute approximate surface area is 139 Å². The van der Waals surface area contributed by atoms with Crippen LogP contribution in [0.5, 0.6) is 5.75 Å². The maximum absolute atomic E-state index is 12.0. The molecule has 0 spiro atoms. The summed E-state index contributed by atoms with van der Waals surface area (Å²) in [5.41, 5.74) is -0.104. The number of amides is 1. The van der Waals surface area contributed by atoms with E-state index in [4.69, 9.17) is 9.47 Å². The first kappa shape index (κ1) is 17.8. The van der Waals surface area contributed by atoms with Crippen LogP contribution in [0.2, 0.25) is 0 Å². The fourth-order valence-corrected chi connectivity index (χ4v) is 2.48. The van der Waals surface area contributed by atoms with Crippen LogP contribution >= 0.6 is 0 Å². The van der Waals surface area contributed by atoms with Gasteiger partial charge in [0.1, 0.15) is 18.0 Å². The van der Waals surface area contributed by atoms with Gasteiger partial charge < -0.3 is 14.8 Å². The molecule has 0 radical (unpaired) electrons. The van der Waals surface area contributed by atoms with E-state index in [-0.39, 0.29) is 5.91 Å². The molecule has 1 aromatic rings. The fraction of sp³-hybridized carbons (Fsp3) is 0.611. The van der Waals surface area contributed by atoms with Crippen LogP contribution in [0.25, 0.3) is 0 Å². The van der Waals surface area contributed by atoms with E-state index in [0.717, 1.165) is 18.0 Å². The van der Waals surface area contributed by atoms with Crippen LogP contribution in [0.4, 0.5) is 5.69 Å². The van der Waals surface area contributed by atoms with Crippen molar-refractivity contribution in [3.8, 4) is 5.75 Å². The molecule has 1 aromatic carbocycles. The van der Waals surface area contributed by atoms with Crippen LogP contribution in [-0.2, 0) is 9.53 Å². The maximum Gasteiger partial charge on any atom is 0.256 e. The van der Waals surface area contributed by atoms with Gasteiger partial charge >= 0.3 is 0 Å². The molecule has 0 atom stereocenters. The summed E-state index contributed by atoms with van der Waals surface area (Å²) < 4.78 is 10.9. The zero-order valence-electron chi connectivity index (χ0n) is 14.4. The summed E-state index contributed by atoms with van der Waals surface area (Å²) in [4.78, 5) is 14.5. The number of benzene rings is 1. The minimum absolute atomic E-state index is 0.168. The van der Waals surface area contributed by atoms with Crippen molar-refractivity contribution in [3.63, 3.8) is 0 Å². The van der Waals surface area contributed by atoms with Gasteiger partial charge in [-0.05, 0) is 64.0 Å². The summed E-state index contributed by atoms with van der Waals surface area (Å²) in [6.45, 7) is 7.51. The number of anilines is 1. The lowest BCUT2D eigenvalue weighted by molar-refractivity contribution is -0.133. The lowest BCUT2D eigenvalue weighted by Crippen LogP contribution is -2.38. The second-order valence-corrected chi connectivity index (χ2v) is 6.44. The second-order valence-electron chi connectivity index (χ2n) is 6.44. The largest absolute Gasteiger partial charge is 0.492 e. The summed E-state index contributed by atoms with van der Waals surface area (Å²) in [5, 5.41) is 2.84. The molecular weight excluding hydrogens is 292 g/mol. The standard InChI is InChI=1S/C18H28N2O3/c1-18(2,22-3)17(21)19-15-7-9-16(10-8-15)23-14-13-20-11-5-4-6-12-20/h7-10H,4-6,11-14H2,1-3H3,(H,19,21). The van der Waals surface area contributed by atoms with E-state index in [0.29, 0.717) is 6.61 Å². The average molecular weight is 320 g/mol. The highest BCUT2D eigenvalue weighted by Gasteiger charge is 2.26. The van der Waals surface area contributed by atoms with E-state index in [1.165, 1.54) is 39.5 Å². The highest BCUT2D eigenvalue weighted by molar-refractivity contribution is 5.96. The molecule has 1 saturated heterocycles. The minimum Gasteiger partial charge on any atom is -0.492 e. The number of nitrogens with zero attached hydrogens (tertiary/aromatic N) is 1. The lowest BCUT2D eigenvalue weighted by atomic mass is 10.1. The van der Waals surface area contributed by atoms with Gasteiger partial charge in [0.05, 0.1) is 0 Å². The van der Waals surface area contributed by atoms with Crippen molar-refractivity contribution in [1.29, 1.82) is 0 Å². The van der Waals surface area contributed by atoms with Crippen LogP contribution < -0.4 is 10.1 Å². The number of carbonyl (C=O) groups excluding carboxylic acids is 1. The molecule has 5 nitrogen and oxygen atoms in total. The molecule has 128 valence electrons. The predicted octanol–water partition coefficient (Wildman–Crippen LogP) is 2.91. The topological polar surface area (TPSA) is 50.8 Å².